The Labute approximate surface area is 179 Å². The molecule has 0 spiro atoms. The molecule has 0 aromatic heterocycles. The van der Waals surface area contributed by atoms with E-state index in [0.29, 0.717) is 49.5 Å². The van der Waals surface area contributed by atoms with Crippen molar-refractivity contribution in [3.63, 3.8) is 0 Å². The fourth-order valence-corrected chi connectivity index (χ4v) is 3.37. The number of amides is 2. The summed E-state index contributed by atoms with van der Waals surface area (Å²) in [6.07, 6.45) is 2.93. The number of nitrogens with two attached hydrogens (primary N) is 1. The van der Waals surface area contributed by atoms with Crippen LogP contribution < -0.4 is 20.5 Å². The van der Waals surface area contributed by atoms with E-state index in [9.17, 15) is 9.59 Å². The van der Waals surface area contributed by atoms with Gasteiger partial charge in [-0.25, -0.2) is 0 Å². The normalized spacial score (nSPS) is 14.7. The molecule has 7 nitrogen and oxygen atoms in total. The van der Waals surface area contributed by atoms with Crippen molar-refractivity contribution < 1.29 is 19.1 Å². The zero-order valence-corrected chi connectivity index (χ0v) is 18.6. The predicted molar refractivity (Wildman–Crippen MR) is 116 cm³/mol. The lowest BCUT2D eigenvalue weighted by atomic mass is 9.92. The number of halogens is 1. The van der Waals surface area contributed by atoms with E-state index in [4.69, 9.17) is 15.2 Å². The van der Waals surface area contributed by atoms with E-state index < -0.39 is 0 Å². The van der Waals surface area contributed by atoms with Crippen LogP contribution in [-0.4, -0.2) is 56.1 Å². The number of carbonyl (C=O) groups excluding carboxylic acids is 2. The van der Waals surface area contributed by atoms with E-state index in [1.54, 1.807) is 37.3 Å². The fourth-order valence-electron chi connectivity index (χ4n) is 3.37. The van der Waals surface area contributed by atoms with Gasteiger partial charge in [0.15, 0.2) is 0 Å². The van der Waals surface area contributed by atoms with Crippen molar-refractivity contribution in [2.75, 3.05) is 33.9 Å². The molecule has 3 N–H and O–H groups in total. The highest BCUT2D eigenvalue weighted by Crippen LogP contribution is 2.25. The van der Waals surface area contributed by atoms with Gasteiger partial charge in [-0.3, -0.25) is 9.59 Å². The second-order valence-corrected chi connectivity index (χ2v) is 7.46. The Kier molecular flexibility index (Phi) is 9.73. The minimum Gasteiger partial charge on any atom is -0.497 e. The molecule has 0 saturated carbocycles. The Morgan fingerprint density at radius 2 is 1.62 bits per heavy atom. The molecule has 1 aliphatic heterocycles. The molecule has 1 aliphatic rings. The van der Waals surface area contributed by atoms with Crippen molar-refractivity contribution in [1.82, 2.24) is 10.2 Å². The number of hydrogen-bond donors (Lipinski definition) is 2. The standard InChI is InChI=1S/C21H33N3O4.ClH/c1-5-21(22,6-2)14-23-19(25)15-7-9-24(10-8-15)20(26)16-11-17(27-3)13-18(12-16)28-4;/h11-13,15H,5-10,14,22H2,1-4H3,(H,23,25);1H. The monoisotopic (exact) mass is 427 g/mol. The number of hydrogen-bond acceptors (Lipinski definition) is 5. The first kappa shape index (κ1) is 25.0. The van der Waals surface area contributed by atoms with Gasteiger partial charge < -0.3 is 25.4 Å². The van der Waals surface area contributed by atoms with Crippen LogP contribution in [0.5, 0.6) is 11.5 Å². The Morgan fingerprint density at radius 3 is 2.07 bits per heavy atom. The molecule has 0 atom stereocenters. The fraction of sp³-hybridized carbons (Fsp3) is 0.619. The van der Waals surface area contributed by atoms with Gasteiger partial charge in [0.1, 0.15) is 11.5 Å². The molecule has 1 fully saturated rings. The number of piperidine rings is 1. The van der Waals surface area contributed by atoms with Crippen LogP contribution in [-0.2, 0) is 4.79 Å². The smallest absolute Gasteiger partial charge is 0.254 e. The molecule has 2 amide bonds. The van der Waals surface area contributed by atoms with Crippen molar-refractivity contribution in [3.8, 4) is 11.5 Å². The minimum absolute atomic E-state index is 0. The van der Waals surface area contributed by atoms with Crippen LogP contribution in [0.25, 0.3) is 0 Å². The van der Waals surface area contributed by atoms with Crippen LogP contribution in [0, 0.1) is 5.92 Å². The van der Waals surface area contributed by atoms with Crippen molar-refractivity contribution in [2.45, 2.75) is 45.1 Å². The van der Waals surface area contributed by atoms with Crippen molar-refractivity contribution in [1.29, 1.82) is 0 Å². The van der Waals surface area contributed by atoms with Crippen LogP contribution in [0.3, 0.4) is 0 Å². The summed E-state index contributed by atoms with van der Waals surface area (Å²) in [7, 11) is 3.11. The molecule has 0 aliphatic carbocycles. The highest BCUT2D eigenvalue weighted by atomic mass is 35.5. The summed E-state index contributed by atoms with van der Waals surface area (Å²) in [5.41, 5.74) is 6.44. The molecule has 1 saturated heterocycles. The first-order chi connectivity index (χ1) is 13.4. The van der Waals surface area contributed by atoms with Gasteiger partial charge in [-0.1, -0.05) is 13.8 Å². The molecule has 29 heavy (non-hydrogen) atoms. The molecule has 0 unspecified atom stereocenters. The SMILES string of the molecule is CCC(N)(CC)CNC(=O)C1CCN(C(=O)c2cc(OC)cc(OC)c2)CC1.Cl. The molecule has 1 aromatic carbocycles. The predicted octanol–water partition coefficient (Wildman–Crippen LogP) is 2.61. The lowest BCUT2D eigenvalue weighted by molar-refractivity contribution is -0.126. The Hall–Kier alpha value is -1.99. The third kappa shape index (κ3) is 6.51. The summed E-state index contributed by atoms with van der Waals surface area (Å²) >= 11 is 0. The maximum Gasteiger partial charge on any atom is 0.254 e. The average molecular weight is 428 g/mol. The quantitative estimate of drug-likeness (QED) is 0.665. The van der Waals surface area contributed by atoms with Gasteiger partial charge in [-0.2, -0.15) is 0 Å². The molecule has 164 valence electrons. The third-order valence-electron chi connectivity index (χ3n) is 5.77. The average Bonchev–Trinajstić information content (AvgIpc) is 2.76. The molecule has 2 rings (SSSR count). The van der Waals surface area contributed by atoms with Crippen molar-refractivity contribution >= 4 is 24.2 Å². The number of nitrogens with one attached hydrogen (secondary N) is 1. The summed E-state index contributed by atoms with van der Waals surface area (Å²) in [5.74, 6) is 1.03. The maximum atomic E-state index is 12.8. The molecular formula is C21H34ClN3O4. The number of methoxy groups -OCH3 is 2. The number of benzene rings is 1. The Balaban J connectivity index is 0.00000420. The topological polar surface area (TPSA) is 93.9 Å². The van der Waals surface area contributed by atoms with Gasteiger partial charge in [0, 0.05) is 42.7 Å². The van der Waals surface area contributed by atoms with Crippen molar-refractivity contribution in [3.05, 3.63) is 23.8 Å². The van der Waals surface area contributed by atoms with E-state index in [1.807, 2.05) is 13.8 Å². The van der Waals surface area contributed by atoms with Gasteiger partial charge in [0.05, 0.1) is 14.2 Å². The van der Waals surface area contributed by atoms with Gasteiger partial charge in [0.2, 0.25) is 5.91 Å². The maximum absolute atomic E-state index is 12.8. The van der Waals surface area contributed by atoms with Gasteiger partial charge in [0.25, 0.3) is 5.91 Å². The van der Waals surface area contributed by atoms with Crippen LogP contribution >= 0.6 is 12.4 Å². The van der Waals surface area contributed by atoms with Gasteiger partial charge in [-0.15, -0.1) is 12.4 Å². The lowest BCUT2D eigenvalue weighted by Crippen LogP contribution is -2.51. The lowest BCUT2D eigenvalue weighted by Gasteiger charge is -2.33. The zero-order valence-electron chi connectivity index (χ0n) is 17.8. The Morgan fingerprint density at radius 1 is 1.10 bits per heavy atom. The number of ether oxygens (including phenoxy) is 2. The number of rotatable bonds is 8. The first-order valence-electron chi connectivity index (χ1n) is 9.94. The van der Waals surface area contributed by atoms with E-state index in [0.717, 1.165) is 12.8 Å². The van der Waals surface area contributed by atoms with Crippen molar-refractivity contribution in [2.24, 2.45) is 11.7 Å². The first-order valence-corrected chi connectivity index (χ1v) is 9.94. The van der Waals surface area contributed by atoms with Gasteiger partial charge >= 0.3 is 0 Å². The van der Waals surface area contributed by atoms with Crippen LogP contribution in [0.4, 0.5) is 0 Å². The van der Waals surface area contributed by atoms with Gasteiger partial charge in [-0.05, 0) is 37.8 Å². The largest absolute Gasteiger partial charge is 0.497 e. The van der Waals surface area contributed by atoms with Crippen LogP contribution in [0.1, 0.15) is 49.9 Å². The van der Waals surface area contributed by atoms with E-state index in [1.165, 1.54) is 0 Å². The molecule has 8 heteroatoms. The highest BCUT2D eigenvalue weighted by molar-refractivity contribution is 5.95. The summed E-state index contributed by atoms with van der Waals surface area (Å²) in [6.45, 7) is 5.65. The summed E-state index contributed by atoms with van der Waals surface area (Å²) in [6, 6.07) is 5.15. The summed E-state index contributed by atoms with van der Waals surface area (Å²) in [5, 5.41) is 3.00. The summed E-state index contributed by atoms with van der Waals surface area (Å²) in [4.78, 5) is 27.1. The zero-order chi connectivity index (χ0) is 20.7. The van der Waals surface area contributed by atoms with Crippen LogP contribution in [0.2, 0.25) is 0 Å². The molecule has 0 bridgehead atoms. The third-order valence-corrected chi connectivity index (χ3v) is 5.77. The van der Waals surface area contributed by atoms with E-state index in [-0.39, 0.29) is 35.7 Å². The number of carbonyl (C=O) groups is 2. The highest BCUT2D eigenvalue weighted by Gasteiger charge is 2.29. The molecule has 0 radical (unpaired) electrons. The van der Waals surface area contributed by atoms with E-state index >= 15 is 0 Å². The van der Waals surface area contributed by atoms with Crippen LogP contribution in [0.15, 0.2) is 18.2 Å². The second-order valence-electron chi connectivity index (χ2n) is 7.46. The summed E-state index contributed by atoms with van der Waals surface area (Å²) < 4.78 is 10.5. The molecular weight excluding hydrogens is 394 g/mol. The van der Waals surface area contributed by atoms with E-state index in [2.05, 4.69) is 5.32 Å². The second kappa shape index (κ2) is 11.3. The number of likely N-dealkylation sites (tertiary alicyclic amines) is 1. The minimum atomic E-state index is -0.349. The number of nitrogens with zero attached hydrogens (tertiary/aromatic N) is 1. The molecule has 1 heterocycles. The molecule has 1 aromatic rings. The Bertz CT molecular complexity index is 664.